The third-order valence-corrected chi connectivity index (χ3v) is 2.37. The molecule has 84 valence electrons. The molecular formula is C13H12N4. The highest BCUT2D eigenvalue weighted by Gasteiger charge is 2.01. The summed E-state index contributed by atoms with van der Waals surface area (Å²) in [6, 6.07) is 13.0. The Morgan fingerprint density at radius 3 is 2.88 bits per heavy atom. The molecule has 0 saturated heterocycles. The summed E-state index contributed by atoms with van der Waals surface area (Å²) >= 11 is 0. The summed E-state index contributed by atoms with van der Waals surface area (Å²) in [7, 11) is 0. The van der Waals surface area contributed by atoms with Crippen molar-refractivity contribution in [1.82, 2.24) is 4.98 Å². The molecule has 1 aromatic carbocycles. The van der Waals surface area contributed by atoms with Gasteiger partial charge in [0, 0.05) is 6.20 Å². The summed E-state index contributed by atoms with van der Waals surface area (Å²) in [6.07, 6.45) is 1.74. The van der Waals surface area contributed by atoms with Crippen molar-refractivity contribution in [2.45, 2.75) is 6.54 Å². The maximum Gasteiger partial charge on any atom is 0.0992 e. The van der Waals surface area contributed by atoms with Crippen LogP contribution in [-0.2, 0) is 6.54 Å². The molecule has 4 heteroatoms. The molecule has 0 aliphatic carbocycles. The van der Waals surface area contributed by atoms with E-state index in [2.05, 4.69) is 16.4 Å². The third-order valence-electron chi connectivity index (χ3n) is 2.37. The first kappa shape index (κ1) is 11.0. The fourth-order valence-electron chi connectivity index (χ4n) is 1.47. The largest absolute Gasteiger partial charge is 0.397 e. The Kier molecular flexibility index (Phi) is 3.22. The maximum atomic E-state index is 8.81. The van der Waals surface area contributed by atoms with Crippen LogP contribution in [0.15, 0.2) is 42.6 Å². The number of aromatic nitrogens is 1. The number of nitrogens with two attached hydrogens (primary N) is 1. The molecule has 3 N–H and O–H groups in total. The zero-order chi connectivity index (χ0) is 12.1. The quantitative estimate of drug-likeness (QED) is 0.783. The van der Waals surface area contributed by atoms with E-state index in [9.17, 15) is 0 Å². The van der Waals surface area contributed by atoms with Gasteiger partial charge < -0.3 is 11.1 Å². The van der Waals surface area contributed by atoms with Gasteiger partial charge in [-0.3, -0.25) is 4.98 Å². The Morgan fingerprint density at radius 2 is 2.18 bits per heavy atom. The molecule has 2 aromatic rings. The predicted molar refractivity (Wildman–Crippen MR) is 67.1 cm³/mol. The van der Waals surface area contributed by atoms with Crippen molar-refractivity contribution in [3.63, 3.8) is 0 Å². The van der Waals surface area contributed by atoms with E-state index in [0.717, 1.165) is 11.4 Å². The molecule has 1 heterocycles. The number of nitriles is 1. The zero-order valence-electron chi connectivity index (χ0n) is 9.22. The Labute approximate surface area is 99.7 Å². The van der Waals surface area contributed by atoms with E-state index < -0.39 is 0 Å². The van der Waals surface area contributed by atoms with Crippen LogP contribution in [0.1, 0.15) is 11.3 Å². The highest BCUT2D eigenvalue weighted by molar-refractivity contribution is 5.68. The van der Waals surface area contributed by atoms with Crippen LogP contribution in [0.4, 0.5) is 11.4 Å². The van der Waals surface area contributed by atoms with Crippen LogP contribution in [0, 0.1) is 11.3 Å². The highest BCUT2D eigenvalue weighted by Crippen LogP contribution is 2.20. The van der Waals surface area contributed by atoms with E-state index in [1.807, 2.05) is 18.2 Å². The normalized spacial score (nSPS) is 9.59. The van der Waals surface area contributed by atoms with Crippen LogP contribution in [0.3, 0.4) is 0 Å². The van der Waals surface area contributed by atoms with Crippen molar-refractivity contribution < 1.29 is 0 Å². The van der Waals surface area contributed by atoms with Crippen LogP contribution in [0.2, 0.25) is 0 Å². The fraction of sp³-hybridized carbons (Fsp3) is 0.0769. The Morgan fingerprint density at radius 1 is 1.29 bits per heavy atom. The Hall–Kier alpha value is -2.54. The van der Waals surface area contributed by atoms with Crippen LogP contribution in [0.5, 0.6) is 0 Å². The van der Waals surface area contributed by atoms with E-state index >= 15 is 0 Å². The standard InChI is InChI=1S/C13H12N4/c14-8-10-4-5-12(15)13(7-10)17-9-11-3-1-2-6-16-11/h1-7,17H,9,15H2. The van der Waals surface area contributed by atoms with E-state index in [1.165, 1.54) is 0 Å². The summed E-state index contributed by atoms with van der Waals surface area (Å²) in [5.74, 6) is 0. The zero-order valence-corrected chi connectivity index (χ0v) is 9.22. The molecule has 0 atom stereocenters. The van der Waals surface area contributed by atoms with Gasteiger partial charge in [-0.2, -0.15) is 5.26 Å². The molecule has 0 aliphatic rings. The molecule has 0 radical (unpaired) electrons. The van der Waals surface area contributed by atoms with Crippen LogP contribution >= 0.6 is 0 Å². The van der Waals surface area contributed by atoms with Gasteiger partial charge in [0.25, 0.3) is 0 Å². The minimum absolute atomic E-state index is 0.583. The third kappa shape index (κ3) is 2.73. The summed E-state index contributed by atoms with van der Waals surface area (Å²) in [5, 5.41) is 12.0. The van der Waals surface area contributed by atoms with Gasteiger partial charge in [-0.25, -0.2) is 0 Å². The lowest BCUT2D eigenvalue weighted by Gasteiger charge is -2.08. The van der Waals surface area contributed by atoms with Gasteiger partial charge in [0.05, 0.1) is 35.2 Å². The first-order valence-corrected chi connectivity index (χ1v) is 5.23. The number of nitrogen functional groups attached to an aromatic ring is 1. The second kappa shape index (κ2) is 4.99. The molecule has 1 aromatic heterocycles. The van der Waals surface area contributed by atoms with Gasteiger partial charge in [0.2, 0.25) is 0 Å². The number of rotatable bonds is 3. The topological polar surface area (TPSA) is 74.7 Å². The number of benzene rings is 1. The summed E-state index contributed by atoms with van der Waals surface area (Å²) in [5.41, 5.74) is 8.71. The molecule has 0 unspecified atom stereocenters. The number of hydrogen-bond donors (Lipinski definition) is 2. The van der Waals surface area contributed by atoms with E-state index in [4.69, 9.17) is 11.0 Å². The minimum atomic E-state index is 0.583. The lowest BCUT2D eigenvalue weighted by Crippen LogP contribution is -2.04. The number of pyridine rings is 1. The molecule has 0 aliphatic heterocycles. The molecule has 2 rings (SSSR count). The summed E-state index contributed by atoms with van der Waals surface area (Å²) < 4.78 is 0. The average Bonchev–Trinajstić information content (AvgIpc) is 2.39. The van der Waals surface area contributed by atoms with Crippen LogP contribution in [0.25, 0.3) is 0 Å². The SMILES string of the molecule is N#Cc1ccc(N)c(NCc2ccccn2)c1. The van der Waals surface area contributed by atoms with Crippen molar-refractivity contribution in [2.75, 3.05) is 11.1 Å². The molecule has 0 fully saturated rings. The lowest BCUT2D eigenvalue weighted by molar-refractivity contribution is 1.05. The van der Waals surface area contributed by atoms with Crippen LogP contribution < -0.4 is 11.1 Å². The van der Waals surface area contributed by atoms with Crippen molar-refractivity contribution in [3.05, 3.63) is 53.9 Å². The smallest absolute Gasteiger partial charge is 0.0992 e. The van der Waals surface area contributed by atoms with Gasteiger partial charge in [-0.15, -0.1) is 0 Å². The second-order valence-electron chi connectivity index (χ2n) is 3.59. The first-order valence-electron chi connectivity index (χ1n) is 5.23. The number of nitrogens with zero attached hydrogens (tertiary/aromatic N) is 2. The van der Waals surface area contributed by atoms with E-state index in [-0.39, 0.29) is 0 Å². The minimum Gasteiger partial charge on any atom is -0.397 e. The van der Waals surface area contributed by atoms with Gasteiger partial charge in [-0.05, 0) is 30.3 Å². The maximum absolute atomic E-state index is 8.81. The molecular weight excluding hydrogens is 212 g/mol. The van der Waals surface area contributed by atoms with Crippen molar-refractivity contribution in [1.29, 1.82) is 5.26 Å². The van der Waals surface area contributed by atoms with E-state index in [0.29, 0.717) is 17.8 Å². The average molecular weight is 224 g/mol. The number of anilines is 2. The fourth-order valence-corrected chi connectivity index (χ4v) is 1.47. The van der Waals surface area contributed by atoms with Crippen molar-refractivity contribution in [2.24, 2.45) is 0 Å². The molecule has 0 amide bonds. The molecule has 4 nitrogen and oxygen atoms in total. The lowest BCUT2D eigenvalue weighted by atomic mass is 10.2. The second-order valence-corrected chi connectivity index (χ2v) is 3.59. The predicted octanol–water partition coefficient (Wildman–Crippen LogP) is 2.15. The Bertz CT molecular complexity index is 543. The summed E-state index contributed by atoms with van der Waals surface area (Å²) in [4.78, 5) is 4.20. The summed E-state index contributed by atoms with van der Waals surface area (Å²) in [6.45, 7) is 0.583. The van der Waals surface area contributed by atoms with E-state index in [1.54, 1.807) is 24.4 Å². The first-order chi connectivity index (χ1) is 8.29. The van der Waals surface area contributed by atoms with Gasteiger partial charge >= 0.3 is 0 Å². The molecule has 0 spiro atoms. The van der Waals surface area contributed by atoms with Crippen LogP contribution in [-0.4, -0.2) is 4.98 Å². The van der Waals surface area contributed by atoms with Gasteiger partial charge in [-0.1, -0.05) is 6.07 Å². The van der Waals surface area contributed by atoms with Crippen molar-refractivity contribution >= 4 is 11.4 Å². The number of nitrogens with one attached hydrogen (secondary N) is 1. The van der Waals surface area contributed by atoms with Crippen molar-refractivity contribution in [3.8, 4) is 6.07 Å². The highest BCUT2D eigenvalue weighted by atomic mass is 14.9. The van der Waals surface area contributed by atoms with Gasteiger partial charge in [0.15, 0.2) is 0 Å². The number of hydrogen-bond acceptors (Lipinski definition) is 4. The monoisotopic (exact) mass is 224 g/mol. The molecule has 0 saturated carbocycles. The Balaban J connectivity index is 2.12. The molecule has 17 heavy (non-hydrogen) atoms. The van der Waals surface area contributed by atoms with Gasteiger partial charge in [0.1, 0.15) is 0 Å². The molecule has 0 bridgehead atoms.